The fourth-order valence-electron chi connectivity index (χ4n) is 13.2. The number of aliphatic hydroxyl groups is 1. The van der Waals surface area contributed by atoms with Crippen LogP contribution in [0.5, 0.6) is 0 Å². The van der Waals surface area contributed by atoms with Crippen molar-refractivity contribution < 1.29 is 28.6 Å². The molecule has 2 aromatic rings. The lowest BCUT2D eigenvalue weighted by Gasteiger charge is -2.72. The predicted octanol–water partition coefficient (Wildman–Crippen LogP) is 9.05. The molecule has 4 fully saturated rings. The zero-order valence-electron chi connectivity index (χ0n) is 34.1. The lowest BCUT2D eigenvalue weighted by atomic mass is 9.32. The molecule has 8 unspecified atom stereocenters. The molecule has 7 nitrogen and oxygen atoms in total. The Balaban J connectivity index is 1.11. The van der Waals surface area contributed by atoms with Gasteiger partial charge in [-0.1, -0.05) is 73.1 Å². The maximum Gasteiger partial charge on any atom is 0.340 e. The molecule has 3 N–H and O–H groups in total. The number of methoxy groups -OCH3 is 1. The molecule has 296 valence electrons. The fourth-order valence-corrected chi connectivity index (χ4v) is 13.2. The third kappa shape index (κ3) is 6.60. The summed E-state index contributed by atoms with van der Waals surface area (Å²) in [6.45, 7) is 17.6. The Hall–Kier alpha value is -3.26. The molecule has 0 saturated heterocycles. The van der Waals surface area contributed by atoms with Crippen molar-refractivity contribution in [3.63, 3.8) is 0 Å². The summed E-state index contributed by atoms with van der Waals surface area (Å²) in [5, 5.41) is 17.3. The number of carbonyl (C=O) groups excluding carboxylic acids is 3. The molecule has 4 aliphatic rings. The molecule has 0 spiro atoms. The first-order valence-electron chi connectivity index (χ1n) is 20.7. The first-order valence-corrected chi connectivity index (χ1v) is 20.7. The minimum absolute atomic E-state index is 0.0620. The largest absolute Gasteiger partial charge is 0.465 e. The number of rotatable bonds is 10. The van der Waals surface area contributed by atoms with Crippen LogP contribution in [0.15, 0.2) is 42.5 Å². The number of amides is 2. The van der Waals surface area contributed by atoms with Gasteiger partial charge in [0.1, 0.15) is 5.82 Å². The van der Waals surface area contributed by atoms with Crippen LogP contribution in [0, 0.1) is 56.6 Å². The molecule has 4 aliphatic carbocycles. The summed E-state index contributed by atoms with van der Waals surface area (Å²) in [6, 6.07) is 11.7. The summed E-state index contributed by atoms with van der Waals surface area (Å²) in [6.07, 6.45) is 10.7. The minimum Gasteiger partial charge on any atom is -0.465 e. The van der Waals surface area contributed by atoms with Crippen LogP contribution in [0.4, 0.5) is 4.39 Å². The molecular formula is C46H65FN2O5. The fraction of sp³-hybridized carbons (Fsp3) is 0.674. The lowest BCUT2D eigenvalue weighted by molar-refractivity contribution is -0.246. The van der Waals surface area contributed by atoms with E-state index in [1.54, 1.807) is 12.1 Å². The number of halogens is 1. The van der Waals surface area contributed by atoms with E-state index in [4.69, 9.17) is 0 Å². The van der Waals surface area contributed by atoms with Gasteiger partial charge in [0.15, 0.2) is 0 Å². The SMILES string of the molecule is CCCC1(C(=O)NCc2cccc(C(=O)NCCc3ccc(F)c(C(=O)OC)c3)c2)CC[C@]2(C)C(CCC3C4(C)CCC(O)C(C)(C)C4CCC32C)C1C. The second-order valence-electron chi connectivity index (χ2n) is 18.9. The van der Waals surface area contributed by atoms with E-state index < -0.39 is 17.2 Å². The summed E-state index contributed by atoms with van der Waals surface area (Å²) in [4.78, 5) is 39.5. The monoisotopic (exact) mass is 744 g/mol. The number of hydrogen-bond acceptors (Lipinski definition) is 5. The van der Waals surface area contributed by atoms with E-state index in [9.17, 15) is 23.9 Å². The average molecular weight is 745 g/mol. The van der Waals surface area contributed by atoms with Crippen LogP contribution in [0.2, 0.25) is 0 Å². The number of carbonyl (C=O) groups is 3. The van der Waals surface area contributed by atoms with Crippen molar-refractivity contribution in [2.75, 3.05) is 13.7 Å². The minimum atomic E-state index is -0.737. The van der Waals surface area contributed by atoms with Crippen LogP contribution in [0.3, 0.4) is 0 Å². The van der Waals surface area contributed by atoms with Crippen molar-refractivity contribution in [2.45, 2.75) is 132 Å². The number of hydrogen-bond donors (Lipinski definition) is 3. The van der Waals surface area contributed by atoms with Gasteiger partial charge in [0.05, 0.1) is 24.2 Å². The quantitative estimate of drug-likeness (QED) is 0.211. The average Bonchev–Trinajstić information content (AvgIpc) is 3.14. The molecule has 2 amide bonds. The third-order valence-corrected chi connectivity index (χ3v) is 16.4. The third-order valence-electron chi connectivity index (χ3n) is 16.4. The van der Waals surface area contributed by atoms with Gasteiger partial charge < -0.3 is 20.5 Å². The summed E-state index contributed by atoms with van der Waals surface area (Å²) in [7, 11) is 1.21. The Morgan fingerprint density at radius 3 is 2.35 bits per heavy atom. The molecule has 9 atom stereocenters. The van der Waals surface area contributed by atoms with E-state index >= 15 is 0 Å². The van der Waals surface area contributed by atoms with Gasteiger partial charge in [0, 0.05) is 18.7 Å². The number of benzene rings is 2. The van der Waals surface area contributed by atoms with E-state index in [-0.39, 0.29) is 51.1 Å². The van der Waals surface area contributed by atoms with Gasteiger partial charge in [0.25, 0.3) is 5.91 Å². The van der Waals surface area contributed by atoms with Gasteiger partial charge in [0.2, 0.25) is 5.91 Å². The molecule has 54 heavy (non-hydrogen) atoms. The molecule has 0 radical (unpaired) electrons. The Labute approximate surface area is 323 Å². The van der Waals surface area contributed by atoms with Crippen LogP contribution in [-0.4, -0.2) is 42.6 Å². The number of ether oxygens (including phenoxy) is 1. The molecule has 8 heteroatoms. The first-order chi connectivity index (χ1) is 25.5. The summed E-state index contributed by atoms with van der Waals surface area (Å²) >= 11 is 0. The van der Waals surface area contributed by atoms with Crippen LogP contribution in [-0.2, 0) is 22.5 Å². The van der Waals surface area contributed by atoms with E-state index in [0.29, 0.717) is 48.4 Å². The molecule has 0 bridgehead atoms. The summed E-state index contributed by atoms with van der Waals surface area (Å²) in [5.74, 6) is 0.419. The van der Waals surface area contributed by atoms with Crippen LogP contribution >= 0.6 is 0 Å². The van der Waals surface area contributed by atoms with Gasteiger partial charge in [-0.05, 0) is 145 Å². The van der Waals surface area contributed by atoms with Gasteiger partial charge >= 0.3 is 5.97 Å². The standard InChI is InChI=1S/C46H65FN2O5/c1-9-20-46(24-23-44(6)34(29(46)2)14-16-37-43(5)21-18-38(50)42(3,4)36(43)17-22-45(37,44)7)41(53)49-28-31-11-10-12-32(26-31)39(51)48-25-19-30-13-15-35(47)33(27-30)40(52)54-8/h10-13,15,26-27,29,34,36-38,50H,9,14,16-25,28H2,1-8H3,(H,48,51)(H,49,53)/t29?,34?,36?,37?,38?,43?,44-,45?,46?/m1/s1. The summed E-state index contributed by atoms with van der Waals surface area (Å²) in [5.41, 5.74) is 2.06. The van der Waals surface area contributed by atoms with E-state index in [1.807, 2.05) is 18.2 Å². The topological polar surface area (TPSA) is 105 Å². The van der Waals surface area contributed by atoms with Crippen LogP contribution in [0.25, 0.3) is 0 Å². The van der Waals surface area contributed by atoms with Crippen LogP contribution in [0.1, 0.15) is 145 Å². The maximum atomic E-state index is 14.5. The smallest absolute Gasteiger partial charge is 0.340 e. The zero-order valence-corrected chi connectivity index (χ0v) is 34.1. The van der Waals surface area contributed by atoms with Crippen molar-refractivity contribution in [3.8, 4) is 0 Å². The van der Waals surface area contributed by atoms with Crippen molar-refractivity contribution in [2.24, 2.45) is 50.7 Å². The Morgan fingerprint density at radius 1 is 0.870 bits per heavy atom. The second kappa shape index (κ2) is 15.0. The molecule has 0 aliphatic heterocycles. The first kappa shape index (κ1) is 40.4. The normalized spacial score (nSPS) is 35.5. The lowest BCUT2D eigenvalue weighted by Crippen LogP contribution is -2.67. The van der Waals surface area contributed by atoms with Crippen molar-refractivity contribution in [1.82, 2.24) is 10.6 Å². The van der Waals surface area contributed by atoms with Crippen molar-refractivity contribution in [1.29, 1.82) is 0 Å². The molecule has 4 saturated carbocycles. The van der Waals surface area contributed by atoms with Crippen molar-refractivity contribution >= 4 is 17.8 Å². The highest BCUT2D eigenvalue weighted by atomic mass is 19.1. The highest BCUT2D eigenvalue weighted by Gasteiger charge is 2.69. The van der Waals surface area contributed by atoms with Crippen molar-refractivity contribution in [3.05, 3.63) is 70.5 Å². The Morgan fingerprint density at radius 2 is 1.63 bits per heavy atom. The molecule has 6 rings (SSSR count). The van der Waals surface area contributed by atoms with Gasteiger partial charge in [-0.25, -0.2) is 9.18 Å². The van der Waals surface area contributed by atoms with Crippen LogP contribution < -0.4 is 10.6 Å². The molecule has 2 aromatic carbocycles. The number of nitrogens with one attached hydrogen (secondary N) is 2. The van der Waals surface area contributed by atoms with E-state index in [1.165, 1.54) is 38.5 Å². The maximum absolute atomic E-state index is 14.5. The van der Waals surface area contributed by atoms with Gasteiger partial charge in [-0.15, -0.1) is 0 Å². The highest BCUT2D eigenvalue weighted by molar-refractivity contribution is 5.94. The number of aliphatic hydroxyl groups excluding tert-OH is 1. The highest BCUT2D eigenvalue weighted by Crippen LogP contribution is 2.75. The Bertz CT molecular complexity index is 1740. The van der Waals surface area contributed by atoms with E-state index in [0.717, 1.165) is 50.5 Å². The zero-order chi connectivity index (χ0) is 39.3. The predicted molar refractivity (Wildman–Crippen MR) is 210 cm³/mol. The van der Waals surface area contributed by atoms with E-state index in [2.05, 4.69) is 63.8 Å². The van der Waals surface area contributed by atoms with Gasteiger partial charge in [-0.3, -0.25) is 9.59 Å². The molecule has 0 heterocycles. The molecule has 0 aromatic heterocycles. The van der Waals surface area contributed by atoms with Gasteiger partial charge in [-0.2, -0.15) is 0 Å². The Kier molecular flexibility index (Phi) is 11.2. The number of esters is 1. The second-order valence-corrected chi connectivity index (χ2v) is 18.9. The molecular weight excluding hydrogens is 680 g/mol. The summed E-state index contributed by atoms with van der Waals surface area (Å²) < 4.78 is 18.7. The number of fused-ring (bicyclic) bond motifs is 5.